The number of carbonyl (C=O) groups is 1. The second-order valence-electron chi connectivity index (χ2n) is 6.72. The summed E-state index contributed by atoms with van der Waals surface area (Å²) in [6, 6.07) is 19.9. The number of carbonyl (C=O) groups excluding carboxylic acids is 1. The summed E-state index contributed by atoms with van der Waals surface area (Å²) < 4.78 is 1.69. The summed E-state index contributed by atoms with van der Waals surface area (Å²) >= 11 is 1.31. The highest BCUT2D eigenvalue weighted by atomic mass is 32.2. The zero-order valence-electron chi connectivity index (χ0n) is 16.3. The Morgan fingerprint density at radius 1 is 1.00 bits per heavy atom. The zero-order valence-corrected chi connectivity index (χ0v) is 17.1. The van der Waals surface area contributed by atoms with E-state index in [1.807, 2.05) is 43.3 Å². The lowest BCUT2D eigenvalue weighted by Crippen LogP contribution is -2.14. The second-order valence-corrected chi connectivity index (χ2v) is 7.67. The first-order valence-electron chi connectivity index (χ1n) is 9.43. The summed E-state index contributed by atoms with van der Waals surface area (Å²) in [5.74, 6) is 0.132. The Morgan fingerprint density at radius 2 is 1.76 bits per heavy atom. The monoisotopic (exact) mass is 403 g/mol. The molecular formula is C22H21N5OS. The van der Waals surface area contributed by atoms with Crippen molar-refractivity contribution in [1.29, 1.82) is 0 Å². The van der Waals surface area contributed by atoms with E-state index in [2.05, 4.69) is 51.8 Å². The minimum atomic E-state index is -0.0955. The normalized spacial score (nSPS) is 11.0. The number of amides is 1. The van der Waals surface area contributed by atoms with Gasteiger partial charge in [0.15, 0.2) is 5.65 Å². The van der Waals surface area contributed by atoms with Gasteiger partial charge in [0, 0.05) is 11.3 Å². The fourth-order valence-corrected chi connectivity index (χ4v) is 3.58. The Labute approximate surface area is 173 Å². The van der Waals surface area contributed by atoms with Crippen LogP contribution in [0, 0.1) is 6.92 Å². The summed E-state index contributed by atoms with van der Waals surface area (Å²) in [7, 11) is 0. The van der Waals surface area contributed by atoms with E-state index in [0.717, 1.165) is 28.9 Å². The van der Waals surface area contributed by atoms with Gasteiger partial charge in [-0.25, -0.2) is 0 Å². The Balaban J connectivity index is 1.48. The van der Waals surface area contributed by atoms with Gasteiger partial charge in [-0.05, 0) is 43.2 Å². The number of aryl methyl sites for hydroxylation is 2. The van der Waals surface area contributed by atoms with E-state index in [0.29, 0.717) is 10.8 Å². The van der Waals surface area contributed by atoms with Gasteiger partial charge in [0.2, 0.25) is 11.1 Å². The van der Waals surface area contributed by atoms with Gasteiger partial charge in [0.05, 0.1) is 11.4 Å². The summed E-state index contributed by atoms with van der Waals surface area (Å²) in [6.45, 7) is 4.15. The second kappa shape index (κ2) is 8.45. The summed E-state index contributed by atoms with van der Waals surface area (Å²) in [6.07, 6.45) is 1.00. The fraction of sp³-hybridized carbons (Fsp3) is 0.182. The number of rotatable bonds is 6. The summed E-state index contributed by atoms with van der Waals surface area (Å²) in [4.78, 5) is 12.3. The molecule has 0 atom stereocenters. The van der Waals surface area contributed by atoms with Crippen molar-refractivity contribution in [2.24, 2.45) is 0 Å². The SMILES string of the molecule is CCc1ccc(-c2ccc3nnc(SCC(=O)Nc4ccc(C)cc4)n3n2)cc1. The maximum Gasteiger partial charge on any atom is 0.234 e. The molecule has 6 nitrogen and oxygen atoms in total. The fourth-order valence-electron chi connectivity index (χ4n) is 2.89. The molecule has 2 heterocycles. The smallest absolute Gasteiger partial charge is 0.234 e. The molecule has 2 aromatic heterocycles. The van der Waals surface area contributed by atoms with Crippen molar-refractivity contribution in [2.75, 3.05) is 11.1 Å². The van der Waals surface area contributed by atoms with Crippen LogP contribution in [0.15, 0.2) is 65.8 Å². The molecule has 1 amide bonds. The van der Waals surface area contributed by atoms with E-state index < -0.39 is 0 Å². The number of aromatic nitrogens is 4. The van der Waals surface area contributed by atoms with Crippen molar-refractivity contribution in [3.05, 3.63) is 71.8 Å². The molecule has 0 aliphatic carbocycles. The van der Waals surface area contributed by atoms with Crippen LogP contribution in [0.4, 0.5) is 5.69 Å². The topological polar surface area (TPSA) is 72.2 Å². The van der Waals surface area contributed by atoms with Crippen LogP contribution in [0.1, 0.15) is 18.1 Å². The van der Waals surface area contributed by atoms with Crippen LogP contribution in [0.5, 0.6) is 0 Å². The van der Waals surface area contributed by atoms with Gasteiger partial charge < -0.3 is 5.32 Å². The van der Waals surface area contributed by atoms with Crippen molar-refractivity contribution in [3.63, 3.8) is 0 Å². The van der Waals surface area contributed by atoms with E-state index in [1.165, 1.54) is 17.3 Å². The lowest BCUT2D eigenvalue weighted by Gasteiger charge is -2.06. The van der Waals surface area contributed by atoms with Crippen LogP contribution < -0.4 is 5.32 Å². The predicted octanol–water partition coefficient (Wildman–Crippen LogP) is 4.39. The highest BCUT2D eigenvalue weighted by Crippen LogP contribution is 2.21. The molecule has 7 heteroatoms. The van der Waals surface area contributed by atoms with Crippen LogP contribution in [0.2, 0.25) is 0 Å². The van der Waals surface area contributed by atoms with Crippen LogP contribution in [-0.2, 0) is 11.2 Å². The highest BCUT2D eigenvalue weighted by Gasteiger charge is 2.12. The largest absolute Gasteiger partial charge is 0.325 e. The van der Waals surface area contributed by atoms with Crippen molar-refractivity contribution < 1.29 is 4.79 Å². The number of nitrogens with one attached hydrogen (secondary N) is 1. The average molecular weight is 404 g/mol. The first-order valence-corrected chi connectivity index (χ1v) is 10.4. The van der Waals surface area contributed by atoms with Gasteiger partial charge in [-0.3, -0.25) is 4.79 Å². The first-order chi connectivity index (χ1) is 14.1. The quantitative estimate of drug-likeness (QED) is 0.483. The number of benzene rings is 2. The number of thioether (sulfide) groups is 1. The third-order valence-electron chi connectivity index (χ3n) is 4.56. The summed E-state index contributed by atoms with van der Waals surface area (Å²) in [5, 5.41) is 16.5. The minimum Gasteiger partial charge on any atom is -0.325 e. The minimum absolute atomic E-state index is 0.0955. The Kier molecular flexibility index (Phi) is 5.57. The molecule has 0 saturated carbocycles. The highest BCUT2D eigenvalue weighted by molar-refractivity contribution is 7.99. The van der Waals surface area contributed by atoms with E-state index >= 15 is 0 Å². The third-order valence-corrected chi connectivity index (χ3v) is 5.48. The van der Waals surface area contributed by atoms with Gasteiger partial charge >= 0.3 is 0 Å². The van der Waals surface area contributed by atoms with Gasteiger partial charge in [0.25, 0.3) is 0 Å². The first kappa shape index (κ1) is 19.1. The van der Waals surface area contributed by atoms with Gasteiger partial charge in [0.1, 0.15) is 0 Å². The molecule has 0 spiro atoms. The average Bonchev–Trinajstić information content (AvgIpc) is 3.16. The van der Waals surface area contributed by atoms with Crippen molar-refractivity contribution >= 4 is 29.0 Å². The van der Waals surface area contributed by atoms with Gasteiger partial charge in [-0.15, -0.1) is 10.2 Å². The number of hydrogen-bond donors (Lipinski definition) is 1. The van der Waals surface area contributed by atoms with Gasteiger partial charge in [-0.1, -0.05) is 60.6 Å². The Bertz CT molecular complexity index is 1140. The molecule has 0 fully saturated rings. The maximum absolute atomic E-state index is 12.3. The predicted molar refractivity (Wildman–Crippen MR) is 116 cm³/mol. The summed E-state index contributed by atoms with van der Waals surface area (Å²) in [5.41, 5.74) is 5.74. The molecule has 146 valence electrons. The molecule has 0 aliphatic heterocycles. The van der Waals surface area contributed by atoms with Crippen molar-refractivity contribution in [1.82, 2.24) is 19.8 Å². The van der Waals surface area contributed by atoms with E-state index in [4.69, 9.17) is 0 Å². The molecule has 4 aromatic rings. The number of fused-ring (bicyclic) bond motifs is 1. The number of anilines is 1. The van der Waals surface area contributed by atoms with E-state index in [9.17, 15) is 4.79 Å². The Hall–Kier alpha value is -3.19. The van der Waals surface area contributed by atoms with E-state index in [1.54, 1.807) is 4.52 Å². The lowest BCUT2D eigenvalue weighted by atomic mass is 10.1. The molecule has 0 bridgehead atoms. The lowest BCUT2D eigenvalue weighted by molar-refractivity contribution is -0.113. The molecule has 4 rings (SSSR count). The third kappa shape index (κ3) is 4.46. The number of nitrogens with zero attached hydrogens (tertiary/aromatic N) is 4. The van der Waals surface area contributed by atoms with Crippen LogP contribution >= 0.6 is 11.8 Å². The van der Waals surface area contributed by atoms with E-state index in [-0.39, 0.29) is 11.7 Å². The van der Waals surface area contributed by atoms with Crippen LogP contribution in [0.3, 0.4) is 0 Å². The van der Waals surface area contributed by atoms with Crippen LogP contribution in [-0.4, -0.2) is 31.5 Å². The maximum atomic E-state index is 12.3. The molecule has 0 unspecified atom stereocenters. The standard InChI is InChI=1S/C22H21N5OS/c1-3-16-6-8-17(9-7-16)19-12-13-20-24-25-22(27(20)26-19)29-14-21(28)23-18-10-4-15(2)5-11-18/h4-13H,3,14H2,1-2H3,(H,23,28). The van der Waals surface area contributed by atoms with Crippen molar-refractivity contribution in [2.45, 2.75) is 25.4 Å². The van der Waals surface area contributed by atoms with Gasteiger partial charge in [-0.2, -0.15) is 9.61 Å². The molecule has 0 saturated heterocycles. The van der Waals surface area contributed by atoms with Crippen LogP contribution in [0.25, 0.3) is 16.9 Å². The van der Waals surface area contributed by atoms with Crippen molar-refractivity contribution in [3.8, 4) is 11.3 Å². The molecule has 1 N–H and O–H groups in total. The zero-order chi connectivity index (χ0) is 20.2. The molecule has 2 aromatic carbocycles. The molecule has 0 radical (unpaired) electrons. The molecule has 29 heavy (non-hydrogen) atoms. The molecule has 0 aliphatic rings. The molecular weight excluding hydrogens is 382 g/mol. The number of hydrogen-bond acceptors (Lipinski definition) is 5. The Morgan fingerprint density at radius 3 is 2.48 bits per heavy atom.